The van der Waals surface area contributed by atoms with E-state index in [0.29, 0.717) is 0 Å². The normalized spacial score (nSPS) is 11.5. The molecular weight excluding hydrogens is 440 g/mol. The van der Waals surface area contributed by atoms with Crippen molar-refractivity contribution in [3.63, 3.8) is 0 Å². The second-order valence-electron chi connectivity index (χ2n) is 11.4. The van der Waals surface area contributed by atoms with Crippen molar-refractivity contribution in [3.05, 3.63) is 5.75 Å². The summed E-state index contributed by atoms with van der Waals surface area (Å²) in [7, 11) is 0. The van der Waals surface area contributed by atoms with Crippen LogP contribution >= 0.6 is 11.8 Å². The fraction of sp³-hybridized carbons (Fsp3) is 0.971. The maximum absolute atomic E-state index is 2.50. The first-order valence-corrected chi connectivity index (χ1v) is 17.9. The molecule has 0 aliphatic rings. The molecule has 0 rings (SSSR count). The minimum absolute atomic E-state index is 1.33. The molecule has 0 saturated heterocycles. The SMILES string of the molecule is CCCCCCCCCCCCCCCCC[CH]SCCCCCCCCCCCCCCCC. The summed E-state index contributed by atoms with van der Waals surface area (Å²) in [6, 6.07) is 0. The maximum atomic E-state index is 2.50. The first-order valence-electron chi connectivity index (χ1n) is 16.8. The third kappa shape index (κ3) is 34.4. The molecule has 0 aliphatic carbocycles. The van der Waals surface area contributed by atoms with Crippen LogP contribution in [-0.2, 0) is 0 Å². The molecular formula is C34H69S. The molecule has 0 saturated carbocycles. The molecule has 0 heterocycles. The monoisotopic (exact) mass is 510 g/mol. The average Bonchev–Trinajstić information content (AvgIpc) is 2.87. The molecule has 0 aromatic rings. The van der Waals surface area contributed by atoms with E-state index in [2.05, 4.69) is 31.4 Å². The molecule has 0 unspecified atom stereocenters. The van der Waals surface area contributed by atoms with E-state index in [1.165, 1.54) is 198 Å². The van der Waals surface area contributed by atoms with Gasteiger partial charge in [0.2, 0.25) is 0 Å². The van der Waals surface area contributed by atoms with Gasteiger partial charge >= 0.3 is 0 Å². The Labute approximate surface area is 229 Å². The highest BCUT2D eigenvalue weighted by atomic mass is 32.2. The van der Waals surface area contributed by atoms with Crippen LogP contribution in [0.2, 0.25) is 0 Å². The largest absolute Gasteiger partial charge is 0.157 e. The molecule has 0 bridgehead atoms. The standard InChI is InChI=1S/C34H69S/c1-3-5-7-9-11-13-15-17-19-20-22-24-26-28-30-32-34-35-33-31-29-27-25-23-21-18-16-14-12-10-8-6-4-2/h34H,3-33H2,1-2H3. The minimum Gasteiger partial charge on any atom is -0.157 e. The molecule has 0 aromatic heterocycles. The third-order valence-corrected chi connectivity index (χ3v) is 8.65. The highest BCUT2D eigenvalue weighted by Crippen LogP contribution is 2.18. The zero-order chi connectivity index (χ0) is 25.3. The van der Waals surface area contributed by atoms with E-state index < -0.39 is 0 Å². The summed E-state index contributed by atoms with van der Waals surface area (Å²) in [4.78, 5) is 0. The van der Waals surface area contributed by atoms with E-state index in [1.54, 1.807) is 0 Å². The number of hydrogen-bond donors (Lipinski definition) is 0. The molecule has 0 N–H and O–H groups in total. The Morgan fingerprint density at radius 3 is 0.886 bits per heavy atom. The van der Waals surface area contributed by atoms with Gasteiger partial charge in [-0.15, -0.1) is 0 Å². The summed E-state index contributed by atoms with van der Waals surface area (Å²) >= 11 is 2.10. The zero-order valence-corrected chi connectivity index (χ0v) is 25.7. The predicted octanol–water partition coefficient (Wildman–Crippen LogP) is 13.6. The molecule has 0 aliphatic heterocycles. The zero-order valence-electron chi connectivity index (χ0n) is 24.9. The van der Waals surface area contributed by atoms with Crippen LogP contribution in [0.4, 0.5) is 0 Å². The van der Waals surface area contributed by atoms with Gasteiger partial charge in [0.1, 0.15) is 0 Å². The van der Waals surface area contributed by atoms with Crippen molar-refractivity contribution in [1.82, 2.24) is 0 Å². The third-order valence-electron chi connectivity index (χ3n) is 7.66. The summed E-state index contributed by atoms with van der Waals surface area (Å²) in [5, 5.41) is 0. The van der Waals surface area contributed by atoms with Crippen molar-refractivity contribution in [3.8, 4) is 0 Å². The topological polar surface area (TPSA) is 0 Å². The summed E-state index contributed by atoms with van der Waals surface area (Å²) in [6.45, 7) is 4.61. The molecule has 0 amide bonds. The van der Waals surface area contributed by atoms with Crippen LogP contribution < -0.4 is 0 Å². The lowest BCUT2D eigenvalue weighted by atomic mass is 10.0. The van der Waals surface area contributed by atoms with Crippen LogP contribution in [0.3, 0.4) is 0 Å². The van der Waals surface area contributed by atoms with Gasteiger partial charge in [0.15, 0.2) is 0 Å². The second-order valence-corrected chi connectivity index (χ2v) is 12.4. The Balaban J connectivity index is 3.00. The van der Waals surface area contributed by atoms with E-state index in [0.717, 1.165) is 0 Å². The van der Waals surface area contributed by atoms with Gasteiger partial charge in [-0.3, -0.25) is 0 Å². The number of thioether (sulfide) groups is 1. The van der Waals surface area contributed by atoms with Crippen molar-refractivity contribution in [2.75, 3.05) is 5.75 Å². The van der Waals surface area contributed by atoms with E-state index in [-0.39, 0.29) is 0 Å². The summed E-state index contributed by atoms with van der Waals surface area (Å²) in [6.07, 6.45) is 43.8. The van der Waals surface area contributed by atoms with Crippen molar-refractivity contribution < 1.29 is 0 Å². The smallest absolute Gasteiger partial charge is 0.0166 e. The summed E-state index contributed by atoms with van der Waals surface area (Å²) in [5.41, 5.74) is 0. The van der Waals surface area contributed by atoms with Crippen LogP contribution in [-0.4, -0.2) is 5.75 Å². The van der Waals surface area contributed by atoms with Crippen LogP contribution in [0.1, 0.15) is 206 Å². The Bertz CT molecular complexity index is 307. The van der Waals surface area contributed by atoms with Gasteiger partial charge in [-0.1, -0.05) is 194 Å². The summed E-state index contributed by atoms with van der Waals surface area (Å²) < 4.78 is 0. The van der Waals surface area contributed by atoms with Crippen molar-refractivity contribution in [1.29, 1.82) is 0 Å². The lowest BCUT2D eigenvalue weighted by Gasteiger charge is -2.04. The Hall–Kier alpha value is 0.350. The molecule has 1 radical (unpaired) electrons. The van der Waals surface area contributed by atoms with Crippen molar-refractivity contribution in [2.24, 2.45) is 0 Å². The van der Waals surface area contributed by atoms with E-state index >= 15 is 0 Å². The molecule has 0 atom stereocenters. The van der Waals surface area contributed by atoms with Gasteiger partial charge in [-0.2, -0.15) is 11.8 Å². The Morgan fingerprint density at radius 2 is 0.571 bits per heavy atom. The molecule has 1 heteroatoms. The van der Waals surface area contributed by atoms with Crippen molar-refractivity contribution in [2.45, 2.75) is 206 Å². The Morgan fingerprint density at radius 1 is 0.314 bits per heavy atom. The lowest BCUT2D eigenvalue weighted by molar-refractivity contribution is 0.532. The van der Waals surface area contributed by atoms with E-state index in [4.69, 9.17) is 0 Å². The fourth-order valence-corrected chi connectivity index (χ4v) is 6.02. The molecule has 0 nitrogen and oxygen atoms in total. The van der Waals surface area contributed by atoms with Gasteiger partial charge in [0, 0.05) is 5.75 Å². The average molecular weight is 510 g/mol. The quantitative estimate of drug-likeness (QED) is 0.0812. The molecule has 0 fully saturated rings. The van der Waals surface area contributed by atoms with Crippen LogP contribution in [0.15, 0.2) is 0 Å². The van der Waals surface area contributed by atoms with Gasteiger partial charge in [-0.25, -0.2) is 0 Å². The minimum atomic E-state index is 1.33. The molecule has 0 spiro atoms. The lowest BCUT2D eigenvalue weighted by Crippen LogP contribution is -1.85. The van der Waals surface area contributed by atoms with E-state index in [9.17, 15) is 0 Å². The molecule has 211 valence electrons. The Kier molecular flexibility index (Phi) is 34.7. The highest BCUT2D eigenvalue weighted by Gasteiger charge is 1.97. The first kappa shape index (κ1) is 35.4. The number of hydrogen-bond acceptors (Lipinski definition) is 1. The molecule has 0 aromatic carbocycles. The van der Waals surface area contributed by atoms with E-state index in [1.807, 2.05) is 0 Å². The van der Waals surface area contributed by atoms with Crippen LogP contribution in [0.25, 0.3) is 0 Å². The first-order chi connectivity index (χ1) is 17.4. The maximum Gasteiger partial charge on any atom is 0.0166 e. The van der Waals surface area contributed by atoms with Crippen LogP contribution in [0, 0.1) is 5.75 Å². The van der Waals surface area contributed by atoms with Gasteiger partial charge in [-0.05, 0) is 18.6 Å². The van der Waals surface area contributed by atoms with Gasteiger partial charge in [0.25, 0.3) is 0 Å². The highest BCUT2D eigenvalue weighted by molar-refractivity contribution is 8.01. The molecule has 35 heavy (non-hydrogen) atoms. The van der Waals surface area contributed by atoms with Gasteiger partial charge < -0.3 is 0 Å². The fourth-order valence-electron chi connectivity index (χ4n) is 5.15. The van der Waals surface area contributed by atoms with Crippen LogP contribution in [0.5, 0.6) is 0 Å². The number of unbranched alkanes of at least 4 members (excludes halogenated alkanes) is 28. The number of rotatable bonds is 32. The second kappa shape index (κ2) is 34.4. The summed E-state index contributed by atoms with van der Waals surface area (Å²) in [5.74, 6) is 3.86. The predicted molar refractivity (Wildman–Crippen MR) is 167 cm³/mol. The van der Waals surface area contributed by atoms with Gasteiger partial charge in [0.05, 0.1) is 0 Å². The van der Waals surface area contributed by atoms with Crippen molar-refractivity contribution >= 4 is 11.8 Å².